The molecule has 182 valence electrons. The van der Waals surface area contributed by atoms with Gasteiger partial charge in [0.2, 0.25) is 0 Å². The van der Waals surface area contributed by atoms with Crippen LogP contribution in [0.2, 0.25) is 0 Å². The highest BCUT2D eigenvalue weighted by atomic mass is 16.7. The zero-order valence-electron chi connectivity index (χ0n) is 17.3. The Kier molecular flexibility index (Phi) is 7.91. The fraction of sp³-hybridized carbons (Fsp3) is 1.00. The molecule has 0 spiro atoms. The van der Waals surface area contributed by atoms with E-state index in [9.17, 15) is 40.9 Å². The molecule has 3 saturated heterocycles. The molecular formula is C18H32O13. The highest BCUT2D eigenvalue weighted by Gasteiger charge is 2.52. The monoisotopic (exact) mass is 456 g/mol. The fourth-order valence-corrected chi connectivity index (χ4v) is 3.88. The summed E-state index contributed by atoms with van der Waals surface area (Å²) in [7, 11) is 0. The molecule has 3 fully saturated rings. The number of aliphatic hydroxyl groups excluding tert-OH is 8. The molecule has 3 rings (SSSR count). The summed E-state index contributed by atoms with van der Waals surface area (Å²) in [5.41, 5.74) is 0. The van der Waals surface area contributed by atoms with E-state index in [2.05, 4.69) is 0 Å². The molecule has 13 heteroatoms. The van der Waals surface area contributed by atoms with E-state index < -0.39 is 92.1 Å². The first-order chi connectivity index (χ1) is 14.4. The molecule has 13 nitrogen and oxygen atoms in total. The SMILES string of the molecule is C[C@@H]1O[C@@H](O[C@@H]2[C@H](O)[C@H](O)O[C@H](C)[C@H]2O)[C@H](O)[C@H](O[C@H]2O[C@H](C)[C@@H](O)[C@H](O)[C@@H]2O)[C@H]1O. The third kappa shape index (κ3) is 4.89. The summed E-state index contributed by atoms with van der Waals surface area (Å²) in [6.45, 7) is 4.36. The first-order valence-corrected chi connectivity index (χ1v) is 10.2. The minimum absolute atomic E-state index is 0.889. The zero-order chi connectivity index (χ0) is 23.2. The van der Waals surface area contributed by atoms with Crippen molar-refractivity contribution in [3.05, 3.63) is 0 Å². The zero-order valence-corrected chi connectivity index (χ0v) is 17.3. The molecule has 3 heterocycles. The largest absolute Gasteiger partial charge is 0.388 e. The Balaban J connectivity index is 1.73. The minimum atomic E-state index is -1.68. The first-order valence-electron chi connectivity index (χ1n) is 10.2. The summed E-state index contributed by atoms with van der Waals surface area (Å²) < 4.78 is 26.9. The van der Waals surface area contributed by atoms with Crippen molar-refractivity contribution >= 4 is 0 Å². The molecule has 8 N–H and O–H groups in total. The molecule has 0 saturated carbocycles. The molecule has 0 radical (unpaired) electrons. The number of hydrogen-bond donors (Lipinski definition) is 8. The quantitative estimate of drug-likeness (QED) is 0.201. The van der Waals surface area contributed by atoms with Crippen LogP contribution in [0.25, 0.3) is 0 Å². The van der Waals surface area contributed by atoms with E-state index in [1.54, 1.807) is 0 Å². The average Bonchev–Trinajstić information content (AvgIpc) is 2.72. The van der Waals surface area contributed by atoms with Crippen molar-refractivity contribution in [2.75, 3.05) is 0 Å². The van der Waals surface area contributed by atoms with E-state index in [0.29, 0.717) is 0 Å². The predicted octanol–water partition coefficient (Wildman–Crippen LogP) is -4.49. The van der Waals surface area contributed by atoms with Gasteiger partial charge in [-0.2, -0.15) is 0 Å². The average molecular weight is 456 g/mol. The third-order valence-electron chi connectivity index (χ3n) is 5.97. The molecule has 0 bridgehead atoms. The van der Waals surface area contributed by atoms with Crippen LogP contribution in [0.3, 0.4) is 0 Å². The molecule has 0 aliphatic carbocycles. The van der Waals surface area contributed by atoms with Gasteiger partial charge >= 0.3 is 0 Å². The van der Waals surface area contributed by atoms with E-state index >= 15 is 0 Å². The van der Waals surface area contributed by atoms with Gasteiger partial charge in [0.05, 0.1) is 18.3 Å². The molecule has 3 aliphatic heterocycles. The summed E-state index contributed by atoms with van der Waals surface area (Å²) in [6, 6.07) is 0. The van der Waals surface area contributed by atoms with Crippen LogP contribution in [0.1, 0.15) is 20.8 Å². The third-order valence-corrected chi connectivity index (χ3v) is 5.97. The van der Waals surface area contributed by atoms with Crippen LogP contribution < -0.4 is 0 Å². The van der Waals surface area contributed by atoms with E-state index in [4.69, 9.17) is 23.7 Å². The molecule has 3 aliphatic rings. The van der Waals surface area contributed by atoms with Crippen molar-refractivity contribution < 1.29 is 64.5 Å². The van der Waals surface area contributed by atoms with Gasteiger partial charge in [0.25, 0.3) is 0 Å². The normalized spacial score (nSPS) is 56.4. The van der Waals surface area contributed by atoms with Crippen molar-refractivity contribution in [2.24, 2.45) is 0 Å². The van der Waals surface area contributed by atoms with Crippen molar-refractivity contribution in [2.45, 2.75) is 113 Å². The fourth-order valence-electron chi connectivity index (χ4n) is 3.88. The van der Waals surface area contributed by atoms with Gasteiger partial charge in [-0.15, -0.1) is 0 Å². The predicted molar refractivity (Wildman–Crippen MR) is 97.0 cm³/mol. The smallest absolute Gasteiger partial charge is 0.187 e. The van der Waals surface area contributed by atoms with E-state index in [-0.39, 0.29) is 0 Å². The highest BCUT2D eigenvalue weighted by Crippen LogP contribution is 2.32. The summed E-state index contributed by atoms with van der Waals surface area (Å²) in [6.07, 6.45) is -20.9. The van der Waals surface area contributed by atoms with Crippen LogP contribution in [0.5, 0.6) is 0 Å². The van der Waals surface area contributed by atoms with Crippen molar-refractivity contribution in [1.29, 1.82) is 0 Å². The summed E-state index contributed by atoms with van der Waals surface area (Å²) in [5.74, 6) is 0. The Morgan fingerprint density at radius 1 is 0.452 bits per heavy atom. The lowest BCUT2D eigenvalue weighted by Crippen LogP contribution is -2.65. The van der Waals surface area contributed by atoms with Gasteiger partial charge in [-0.1, -0.05) is 0 Å². The maximum atomic E-state index is 10.7. The molecule has 31 heavy (non-hydrogen) atoms. The van der Waals surface area contributed by atoms with Gasteiger partial charge in [-0.25, -0.2) is 0 Å². The van der Waals surface area contributed by atoms with Gasteiger partial charge in [0.1, 0.15) is 54.9 Å². The molecule has 0 aromatic rings. The topological polar surface area (TPSA) is 208 Å². The second kappa shape index (κ2) is 9.77. The van der Waals surface area contributed by atoms with Crippen LogP contribution in [0.15, 0.2) is 0 Å². The van der Waals surface area contributed by atoms with Crippen LogP contribution in [-0.2, 0) is 23.7 Å². The Morgan fingerprint density at radius 3 is 1.42 bits per heavy atom. The molecule has 15 atom stereocenters. The standard InChI is InChI=1S/C18H32O13/c1-4-7(19)10(22)11(23)17(28-4)31-15-9(21)6(3)29-18(13(15)25)30-14-8(20)5(2)27-16(26)12(14)24/h4-26H,1-3H3/t4-,5-,6+,7-,8-,9+,10+,11+,12+,13-,14+,15-,16-,17-,18+/m1/s1. The van der Waals surface area contributed by atoms with Crippen LogP contribution in [0, 0.1) is 0 Å². The maximum absolute atomic E-state index is 10.7. The number of rotatable bonds is 4. The summed E-state index contributed by atoms with van der Waals surface area (Å²) in [5, 5.41) is 81.2. The van der Waals surface area contributed by atoms with E-state index in [1.807, 2.05) is 0 Å². The van der Waals surface area contributed by atoms with Gasteiger partial charge in [0, 0.05) is 0 Å². The molecule has 0 aromatic carbocycles. The Morgan fingerprint density at radius 2 is 0.871 bits per heavy atom. The summed E-state index contributed by atoms with van der Waals surface area (Å²) >= 11 is 0. The Hall–Kier alpha value is -0.520. The first kappa shape index (κ1) is 25.1. The molecule has 0 aromatic heterocycles. The lowest BCUT2D eigenvalue weighted by molar-refractivity contribution is -0.373. The van der Waals surface area contributed by atoms with Gasteiger partial charge in [-0.05, 0) is 20.8 Å². The maximum Gasteiger partial charge on any atom is 0.187 e. The minimum Gasteiger partial charge on any atom is -0.388 e. The van der Waals surface area contributed by atoms with E-state index in [1.165, 1.54) is 20.8 Å². The second-order valence-corrected chi connectivity index (χ2v) is 8.29. The van der Waals surface area contributed by atoms with Crippen molar-refractivity contribution in [3.8, 4) is 0 Å². The lowest BCUT2D eigenvalue weighted by atomic mass is 9.96. The number of hydrogen-bond acceptors (Lipinski definition) is 13. The van der Waals surface area contributed by atoms with Crippen molar-refractivity contribution in [3.63, 3.8) is 0 Å². The van der Waals surface area contributed by atoms with Crippen molar-refractivity contribution in [1.82, 2.24) is 0 Å². The lowest BCUT2D eigenvalue weighted by Gasteiger charge is -2.47. The summed E-state index contributed by atoms with van der Waals surface area (Å²) in [4.78, 5) is 0. The second-order valence-electron chi connectivity index (χ2n) is 8.29. The number of aliphatic hydroxyl groups is 8. The van der Waals surface area contributed by atoms with Gasteiger partial charge in [0.15, 0.2) is 18.9 Å². The van der Waals surface area contributed by atoms with Crippen LogP contribution in [-0.4, -0.2) is 133 Å². The van der Waals surface area contributed by atoms with Gasteiger partial charge < -0.3 is 64.5 Å². The van der Waals surface area contributed by atoms with E-state index in [0.717, 1.165) is 0 Å². The Labute approximate surface area is 178 Å². The molecule has 0 amide bonds. The molecule has 0 unspecified atom stereocenters. The van der Waals surface area contributed by atoms with Gasteiger partial charge in [-0.3, -0.25) is 0 Å². The Bertz CT molecular complexity index is 581. The highest BCUT2D eigenvalue weighted by molar-refractivity contribution is 4.94. The molecular weight excluding hydrogens is 424 g/mol. The van der Waals surface area contributed by atoms with Crippen LogP contribution >= 0.6 is 0 Å². The van der Waals surface area contributed by atoms with Crippen LogP contribution in [0.4, 0.5) is 0 Å². The number of ether oxygens (including phenoxy) is 5.